The lowest BCUT2D eigenvalue weighted by atomic mass is 10.1. The molecular formula is C19H23N. The smallest absolute Gasteiger partial charge is 0.0701 e. The lowest BCUT2D eigenvalue weighted by molar-refractivity contribution is 1.08. The van der Waals surface area contributed by atoms with E-state index in [-0.39, 0.29) is 0 Å². The van der Waals surface area contributed by atoms with E-state index in [0.717, 1.165) is 29.8 Å². The van der Waals surface area contributed by atoms with Gasteiger partial charge in [0.1, 0.15) is 0 Å². The first-order chi connectivity index (χ1) is 9.67. The Labute approximate surface area is 122 Å². The van der Waals surface area contributed by atoms with Crippen LogP contribution < -0.4 is 0 Å². The Morgan fingerprint density at radius 2 is 1.95 bits per heavy atom. The van der Waals surface area contributed by atoms with Gasteiger partial charge in [-0.25, -0.2) is 0 Å². The zero-order valence-corrected chi connectivity index (χ0v) is 12.5. The zero-order chi connectivity index (χ0) is 14.8. The Bertz CT molecular complexity index is 530. The average Bonchev–Trinajstić information content (AvgIpc) is 2.47. The maximum atomic E-state index is 4.60. The molecule has 0 spiro atoms. The Kier molecular flexibility index (Phi) is 7.05. The molecule has 1 nitrogen and oxygen atoms in total. The molecular weight excluding hydrogens is 242 g/mol. The van der Waals surface area contributed by atoms with Gasteiger partial charge < -0.3 is 0 Å². The lowest BCUT2D eigenvalue weighted by Crippen LogP contribution is -1.97. The second-order valence-corrected chi connectivity index (χ2v) is 4.64. The minimum absolute atomic E-state index is 0.861. The first-order valence-electron chi connectivity index (χ1n) is 6.94. The van der Waals surface area contributed by atoms with Crippen molar-refractivity contribution in [3.63, 3.8) is 0 Å². The van der Waals surface area contributed by atoms with Crippen LogP contribution in [-0.2, 0) is 0 Å². The standard InChI is InChI=1S/C19H23N/c1-5-11-16(3)12-10-15-19(20-17(4)6-2)18-13-8-7-9-14-18/h5,7-11,13-15H,1,4,6,12H2,2-3H3/b15-10-,16-11-,20-19?. The van der Waals surface area contributed by atoms with Crippen LogP contribution in [0.1, 0.15) is 32.3 Å². The highest BCUT2D eigenvalue weighted by molar-refractivity contribution is 6.09. The first kappa shape index (κ1) is 15.9. The molecule has 0 unspecified atom stereocenters. The average molecular weight is 265 g/mol. The molecule has 0 heterocycles. The molecule has 1 heteroatoms. The van der Waals surface area contributed by atoms with Crippen molar-refractivity contribution < 1.29 is 0 Å². The molecule has 0 aliphatic carbocycles. The van der Waals surface area contributed by atoms with Gasteiger partial charge in [0.2, 0.25) is 0 Å². The minimum Gasteiger partial charge on any atom is -0.253 e. The van der Waals surface area contributed by atoms with Gasteiger partial charge in [-0.15, -0.1) is 0 Å². The van der Waals surface area contributed by atoms with Gasteiger partial charge in [-0.2, -0.15) is 0 Å². The molecule has 0 bridgehead atoms. The Balaban J connectivity index is 2.93. The normalized spacial score (nSPS) is 12.7. The van der Waals surface area contributed by atoms with Crippen LogP contribution in [0.4, 0.5) is 0 Å². The van der Waals surface area contributed by atoms with Crippen molar-refractivity contribution in [2.75, 3.05) is 0 Å². The van der Waals surface area contributed by atoms with E-state index >= 15 is 0 Å². The van der Waals surface area contributed by atoms with Gasteiger partial charge in [0.25, 0.3) is 0 Å². The fraction of sp³-hybridized carbons (Fsp3) is 0.211. The highest BCUT2D eigenvalue weighted by Crippen LogP contribution is 2.09. The Morgan fingerprint density at radius 1 is 1.25 bits per heavy atom. The molecule has 1 aromatic carbocycles. The van der Waals surface area contributed by atoms with Crippen LogP contribution in [-0.4, -0.2) is 5.71 Å². The molecule has 0 radical (unpaired) electrons. The Hall–Kier alpha value is -2.15. The monoisotopic (exact) mass is 265 g/mol. The molecule has 20 heavy (non-hydrogen) atoms. The number of rotatable bonds is 7. The fourth-order valence-electron chi connectivity index (χ4n) is 1.68. The number of hydrogen-bond acceptors (Lipinski definition) is 1. The van der Waals surface area contributed by atoms with Crippen molar-refractivity contribution in [3.05, 3.63) is 84.6 Å². The van der Waals surface area contributed by atoms with Crippen molar-refractivity contribution in [2.45, 2.75) is 26.7 Å². The maximum Gasteiger partial charge on any atom is 0.0701 e. The molecule has 0 aliphatic heterocycles. The summed E-state index contributed by atoms with van der Waals surface area (Å²) in [5.41, 5.74) is 4.25. The summed E-state index contributed by atoms with van der Waals surface area (Å²) in [6.45, 7) is 11.8. The topological polar surface area (TPSA) is 12.4 Å². The van der Waals surface area contributed by atoms with Crippen LogP contribution in [0.3, 0.4) is 0 Å². The largest absolute Gasteiger partial charge is 0.253 e. The summed E-state index contributed by atoms with van der Waals surface area (Å²) in [4.78, 5) is 4.60. The quantitative estimate of drug-likeness (QED) is 0.457. The van der Waals surface area contributed by atoms with E-state index < -0.39 is 0 Å². The van der Waals surface area contributed by atoms with Crippen molar-refractivity contribution in [2.24, 2.45) is 4.99 Å². The molecule has 0 saturated carbocycles. The van der Waals surface area contributed by atoms with E-state index in [9.17, 15) is 0 Å². The van der Waals surface area contributed by atoms with E-state index in [0.29, 0.717) is 0 Å². The Morgan fingerprint density at radius 3 is 2.55 bits per heavy atom. The van der Waals surface area contributed by atoms with Crippen LogP contribution in [0, 0.1) is 0 Å². The van der Waals surface area contributed by atoms with Crippen molar-refractivity contribution in [1.82, 2.24) is 0 Å². The predicted molar refractivity (Wildman–Crippen MR) is 90.1 cm³/mol. The second kappa shape index (κ2) is 8.87. The number of allylic oxidation sites excluding steroid dienone is 6. The van der Waals surface area contributed by atoms with Crippen LogP contribution in [0.2, 0.25) is 0 Å². The molecule has 0 aromatic heterocycles. The predicted octanol–water partition coefficient (Wildman–Crippen LogP) is 5.48. The molecule has 0 fully saturated rings. The van der Waals surface area contributed by atoms with E-state index in [1.165, 1.54) is 5.57 Å². The fourth-order valence-corrected chi connectivity index (χ4v) is 1.68. The van der Waals surface area contributed by atoms with Gasteiger partial charge in [-0.3, -0.25) is 4.99 Å². The summed E-state index contributed by atoms with van der Waals surface area (Å²) in [5.74, 6) is 0. The first-order valence-corrected chi connectivity index (χ1v) is 6.94. The number of aliphatic imine (C=N–C) groups is 1. The van der Waals surface area contributed by atoms with Gasteiger partial charge in [-0.05, 0) is 25.8 Å². The number of nitrogens with zero attached hydrogens (tertiary/aromatic N) is 1. The molecule has 0 atom stereocenters. The van der Waals surface area contributed by atoms with Gasteiger partial charge in [-0.1, -0.05) is 74.2 Å². The summed E-state index contributed by atoms with van der Waals surface area (Å²) in [6.07, 6.45) is 9.79. The molecule has 104 valence electrons. The summed E-state index contributed by atoms with van der Waals surface area (Å²) in [7, 11) is 0. The molecule has 1 rings (SSSR count). The third-order valence-electron chi connectivity index (χ3n) is 2.87. The van der Waals surface area contributed by atoms with Crippen molar-refractivity contribution >= 4 is 5.71 Å². The maximum absolute atomic E-state index is 4.60. The van der Waals surface area contributed by atoms with Gasteiger partial charge in [0.05, 0.1) is 5.71 Å². The summed E-state index contributed by atoms with van der Waals surface area (Å²) >= 11 is 0. The highest BCUT2D eigenvalue weighted by atomic mass is 14.7. The van der Waals surface area contributed by atoms with Gasteiger partial charge >= 0.3 is 0 Å². The number of hydrogen-bond donors (Lipinski definition) is 0. The molecule has 0 saturated heterocycles. The summed E-state index contributed by atoms with van der Waals surface area (Å²) in [5, 5.41) is 0. The van der Waals surface area contributed by atoms with E-state index in [4.69, 9.17) is 0 Å². The summed E-state index contributed by atoms with van der Waals surface area (Å²) < 4.78 is 0. The molecule has 0 N–H and O–H groups in total. The SMILES string of the molecule is C=C/C=C(/C)C/C=C\C(=NC(=C)CC)c1ccccc1. The third-order valence-corrected chi connectivity index (χ3v) is 2.87. The highest BCUT2D eigenvalue weighted by Gasteiger charge is 1.99. The van der Waals surface area contributed by atoms with Crippen LogP contribution in [0.15, 0.2) is 84.1 Å². The zero-order valence-electron chi connectivity index (χ0n) is 12.5. The summed E-state index contributed by atoms with van der Waals surface area (Å²) in [6, 6.07) is 10.2. The van der Waals surface area contributed by atoms with Crippen molar-refractivity contribution in [1.29, 1.82) is 0 Å². The van der Waals surface area contributed by atoms with Crippen LogP contribution >= 0.6 is 0 Å². The second-order valence-electron chi connectivity index (χ2n) is 4.64. The van der Waals surface area contributed by atoms with Gasteiger partial charge in [0.15, 0.2) is 0 Å². The molecule has 0 aliphatic rings. The minimum atomic E-state index is 0.861. The number of benzene rings is 1. The third kappa shape index (κ3) is 5.66. The van der Waals surface area contributed by atoms with Gasteiger partial charge in [0, 0.05) is 11.3 Å². The van der Waals surface area contributed by atoms with Crippen LogP contribution in [0.25, 0.3) is 0 Å². The van der Waals surface area contributed by atoms with Crippen LogP contribution in [0.5, 0.6) is 0 Å². The lowest BCUT2D eigenvalue weighted by Gasteiger charge is -2.03. The molecule has 0 amide bonds. The van der Waals surface area contributed by atoms with E-state index in [1.54, 1.807) is 0 Å². The van der Waals surface area contributed by atoms with E-state index in [1.807, 2.05) is 30.4 Å². The molecule has 1 aromatic rings. The van der Waals surface area contributed by atoms with Crippen molar-refractivity contribution in [3.8, 4) is 0 Å². The van der Waals surface area contributed by atoms with E-state index in [2.05, 4.69) is 56.3 Å².